The van der Waals surface area contributed by atoms with E-state index >= 15 is 0 Å². The van der Waals surface area contributed by atoms with Gasteiger partial charge >= 0.3 is 5.97 Å². The third-order valence-corrected chi connectivity index (χ3v) is 4.77. The van der Waals surface area contributed by atoms with Gasteiger partial charge in [-0.1, -0.05) is 6.92 Å². The Morgan fingerprint density at radius 3 is 2.30 bits per heavy atom. The molecule has 1 fully saturated rings. The second-order valence-electron chi connectivity index (χ2n) is 5.46. The largest absolute Gasteiger partial charge is 0.480 e. The highest BCUT2D eigenvalue weighted by molar-refractivity contribution is 7.90. The lowest BCUT2D eigenvalue weighted by molar-refractivity contribution is -0.140. The van der Waals surface area contributed by atoms with Crippen molar-refractivity contribution in [3.8, 4) is 0 Å². The summed E-state index contributed by atoms with van der Waals surface area (Å²) in [5.41, 5.74) is 0. The number of carboxylic acids is 1. The van der Waals surface area contributed by atoms with Crippen LogP contribution in [0.4, 0.5) is 0 Å². The molecule has 0 saturated heterocycles. The number of hydrogen-bond acceptors (Lipinski definition) is 4. The fourth-order valence-corrected chi connectivity index (χ4v) is 3.45. The minimum absolute atomic E-state index is 0.124. The van der Waals surface area contributed by atoms with E-state index < -0.39 is 33.7 Å². The number of nitrogens with one attached hydrogen (secondary N) is 2. The molecule has 1 aliphatic rings. The lowest BCUT2D eigenvalue weighted by Crippen LogP contribution is -2.45. The lowest BCUT2D eigenvalue weighted by atomic mass is 9.88. The number of hydrogen-bond donors (Lipinski definition) is 3. The summed E-state index contributed by atoms with van der Waals surface area (Å²) in [6.45, 7) is 3.41. The molecule has 3 N–H and O–H groups in total. The van der Waals surface area contributed by atoms with Crippen molar-refractivity contribution in [2.24, 2.45) is 5.92 Å². The third kappa shape index (κ3) is 5.87. The van der Waals surface area contributed by atoms with E-state index in [-0.39, 0.29) is 6.04 Å². The quantitative estimate of drug-likeness (QED) is 0.643. The van der Waals surface area contributed by atoms with Crippen molar-refractivity contribution in [3.05, 3.63) is 0 Å². The van der Waals surface area contributed by atoms with Gasteiger partial charge in [-0.3, -0.25) is 9.59 Å². The van der Waals surface area contributed by atoms with Gasteiger partial charge < -0.3 is 10.4 Å². The number of carbonyl (C=O) groups excluding carboxylic acids is 1. The molecule has 1 rings (SSSR count). The van der Waals surface area contributed by atoms with Crippen LogP contribution in [0, 0.1) is 5.92 Å². The van der Waals surface area contributed by atoms with Gasteiger partial charge in [-0.2, -0.15) is 0 Å². The molecule has 1 atom stereocenters. The molecular formula is C12H22N2O5S. The zero-order chi connectivity index (χ0) is 15.3. The number of sulfonamides is 1. The fourth-order valence-electron chi connectivity index (χ4n) is 2.19. The number of aliphatic carboxylic acids is 1. The Morgan fingerprint density at radius 1 is 1.25 bits per heavy atom. The van der Waals surface area contributed by atoms with Crippen LogP contribution in [-0.4, -0.2) is 43.2 Å². The van der Waals surface area contributed by atoms with Crippen LogP contribution in [0.3, 0.4) is 0 Å². The maximum atomic E-state index is 11.8. The second kappa shape index (κ2) is 7.03. The molecular weight excluding hydrogens is 284 g/mol. The molecule has 0 bridgehead atoms. The van der Waals surface area contributed by atoms with Crippen LogP contribution in [0.25, 0.3) is 0 Å². The minimum atomic E-state index is -3.72. The Hall–Kier alpha value is -1.15. The summed E-state index contributed by atoms with van der Waals surface area (Å²) >= 11 is 0. The maximum absolute atomic E-state index is 11.8. The number of rotatable bonds is 6. The first-order valence-electron chi connectivity index (χ1n) is 6.72. The molecule has 8 heteroatoms. The smallest absolute Gasteiger partial charge is 0.325 e. The fraction of sp³-hybridized carbons (Fsp3) is 0.833. The van der Waals surface area contributed by atoms with Gasteiger partial charge in [0.1, 0.15) is 11.8 Å². The number of carbonyl (C=O) groups is 2. The van der Waals surface area contributed by atoms with Gasteiger partial charge in [-0.05, 0) is 38.5 Å². The molecule has 7 nitrogen and oxygen atoms in total. The van der Waals surface area contributed by atoms with E-state index in [1.54, 1.807) is 0 Å². The van der Waals surface area contributed by atoms with Crippen LogP contribution < -0.4 is 10.0 Å². The van der Waals surface area contributed by atoms with E-state index in [2.05, 4.69) is 17.0 Å². The Morgan fingerprint density at radius 2 is 1.80 bits per heavy atom. The zero-order valence-electron chi connectivity index (χ0n) is 11.8. The van der Waals surface area contributed by atoms with Gasteiger partial charge in [0.2, 0.25) is 15.9 Å². The van der Waals surface area contributed by atoms with Gasteiger partial charge in [0.15, 0.2) is 0 Å². The summed E-state index contributed by atoms with van der Waals surface area (Å²) in [6.07, 6.45) is 3.48. The third-order valence-electron chi connectivity index (χ3n) is 3.43. The Bertz CT molecular complexity index is 454. The summed E-state index contributed by atoms with van der Waals surface area (Å²) in [4.78, 5) is 22.0. The Kier molecular flexibility index (Phi) is 5.94. The van der Waals surface area contributed by atoms with Gasteiger partial charge in [-0.25, -0.2) is 13.1 Å². The van der Waals surface area contributed by atoms with E-state index in [9.17, 15) is 18.0 Å². The molecule has 0 aromatic rings. The van der Waals surface area contributed by atoms with Crippen molar-refractivity contribution in [3.63, 3.8) is 0 Å². The highest BCUT2D eigenvalue weighted by atomic mass is 32.2. The second-order valence-corrected chi connectivity index (χ2v) is 7.22. The Labute approximate surface area is 119 Å². The average molecular weight is 306 g/mol. The summed E-state index contributed by atoms with van der Waals surface area (Å²) in [7, 11) is -3.72. The first-order chi connectivity index (χ1) is 9.19. The first-order valence-corrected chi connectivity index (χ1v) is 8.37. The van der Waals surface area contributed by atoms with Crippen molar-refractivity contribution in [1.29, 1.82) is 0 Å². The van der Waals surface area contributed by atoms with Crippen LogP contribution in [0.15, 0.2) is 0 Å². The number of carboxylic acid groups (broad SMARTS) is 1. The van der Waals surface area contributed by atoms with E-state index in [4.69, 9.17) is 5.11 Å². The van der Waals surface area contributed by atoms with Crippen LogP contribution in [0.1, 0.15) is 39.5 Å². The topological polar surface area (TPSA) is 113 Å². The van der Waals surface area contributed by atoms with Crippen molar-refractivity contribution in [2.45, 2.75) is 51.6 Å². The molecule has 116 valence electrons. The molecule has 1 amide bonds. The summed E-state index contributed by atoms with van der Waals surface area (Å²) in [6, 6.07) is -1.23. The SMILES string of the molecule is CC1CCC(NS(=O)(=O)CC(=O)NC(C)C(=O)O)CC1. The Balaban J connectivity index is 2.45. The highest BCUT2D eigenvalue weighted by Crippen LogP contribution is 2.23. The predicted octanol–water partition coefficient (Wildman–Crippen LogP) is 0.0738. The van der Waals surface area contributed by atoms with Crippen molar-refractivity contribution in [1.82, 2.24) is 10.0 Å². The summed E-state index contributed by atoms with van der Waals surface area (Å²) < 4.78 is 26.2. The van der Waals surface area contributed by atoms with Crippen molar-refractivity contribution >= 4 is 21.9 Å². The molecule has 0 aromatic heterocycles. The van der Waals surface area contributed by atoms with Crippen LogP contribution in [0.5, 0.6) is 0 Å². The van der Waals surface area contributed by atoms with Gasteiger partial charge in [-0.15, -0.1) is 0 Å². The van der Waals surface area contributed by atoms with Gasteiger partial charge in [0.05, 0.1) is 0 Å². The van der Waals surface area contributed by atoms with Crippen molar-refractivity contribution < 1.29 is 23.1 Å². The van der Waals surface area contributed by atoms with E-state index in [0.29, 0.717) is 5.92 Å². The molecule has 0 radical (unpaired) electrons. The molecule has 20 heavy (non-hydrogen) atoms. The molecule has 0 heterocycles. The standard InChI is InChI=1S/C12H22N2O5S/c1-8-3-5-10(6-4-8)14-20(18,19)7-11(15)13-9(2)12(16)17/h8-10,14H,3-7H2,1-2H3,(H,13,15)(H,16,17). The molecule has 0 spiro atoms. The molecule has 1 aliphatic carbocycles. The maximum Gasteiger partial charge on any atom is 0.325 e. The lowest BCUT2D eigenvalue weighted by Gasteiger charge is -2.26. The molecule has 1 saturated carbocycles. The summed E-state index contributed by atoms with van der Waals surface area (Å²) in [5.74, 6) is -2.14. The van der Waals surface area contributed by atoms with Crippen LogP contribution in [0.2, 0.25) is 0 Å². The summed E-state index contributed by atoms with van der Waals surface area (Å²) in [5, 5.41) is 10.8. The average Bonchev–Trinajstić information content (AvgIpc) is 2.30. The van der Waals surface area contributed by atoms with E-state index in [0.717, 1.165) is 25.7 Å². The molecule has 0 aromatic carbocycles. The van der Waals surface area contributed by atoms with E-state index in [1.807, 2.05) is 0 Å². The monoisotopic (exact) mass is 306 g/mol. The van der Waals surface area contributed by atoms with E-state index in [1.165, 1.54) is 6.92 Å². The van der Waals surface area contributed by atoms with Crippen molar-refractivity contribution in [2.75, 3.05) is 5.75 Å². The predicted molar refractivity (Wildman–Crippen MR) is 73.6 cm³/mol. The van der Waals surface area contributed by atoms with Crippen LogP contribution in [-0.2, 0) is 19.6 Å². The van der Waals surface area contributed by atoms with Gasteiger partial charge in [0.25, 0.3) is 0 Å². The normalized spacial score (nSPS) is 24.9. The minimum Gasteiger partial charge on any atom is -0.480 e. The van der Waals surface area contributed by atoms with Crippen LogP contribution >= 0.6 is 0 Å². The first kappa shape index (κ1) is 16.9. The molecule has 1 unspecified atom stereocenters. The molecule has 0 aliphatic heterocycles. The number of amides is 1. The highest BCUT2D eigenvalue weighted by Gasteiger charge is 2.25. The van der Waals surface area contributed by atoms with Gasteiger partial charge in [0, 0.05) is 6.04 Å². The zero-order valence-corrected chi connectivity index (χ0v) is 12.6.